The molecule has 0 aliphatic carbocycles. The summed E-state index contributed by atoms with van der Waals surface area (Å²) in [6.45, 7) is 12.8. The molecule has 2 aromatic rings. The highest BCUT2D eigenvalue weighted by atomic mass is 16.5. The summed E-state index contributed by atoms with van der Waals surface area (Å²) in [6, 6.07) is 14.5. The highest BCUT2D eigenvalue weighted by Crippen LogP contribution is 2.23. The molecule has 1 amide bonds. The molecule has 1 atom stereocenters. The van der Waals surface area contributed by atoms with Crippen LogP contribution in [0, 0.1) is 5.92 Å². The Hall–Kier alpha value is -2.11. The Morgan fingerprint density at radius 2 is 1.96 bits per heavy atom. The van der Waals surface area contributed by atoms with E-state index in [2.05, 4.69) is 35.9 Å². The van der Waals surface area contributed by atoms with E-state index in [-0.39, 0.29) is 6.09 Å². The SMILES string of the molecule is CC(C)CN1CCN(CCCOC(=O)Nc2cccc3ccccc23)C[C@H]1C. The average molecular weight is 384 g/mol. The number of anilines is 1. The third-order valence-corrected chi connectivity index (χ3v) is 5.33. The van der Waals surface area contributed by atoms with E-state index in [9.17, 15) is 4.79 Å². The van der Waals surface area contributed by atoms with Gasteiger partial charge in [0.15, 0.2) is 0 Å². The first-order valence-corrected chi connectivity index (χ1v) is 10.4. The summed E-state index contributed by atoms with van der Waals surface area (Å²) in [5.74, 6) is 0.711. The minimum atomic E-state index is -0.383. The molecule has 0 saturated carbocycles. The van der Waals surface area contributed by atoms with Gasteiger partial charge in [0, 0.05) is 44.2 Å². The van der Waals surface area contributed by atoms with E-state index in [4.69, 9.17) is 4.74 Å². The van der Waals surface area contributed by atoms with Gasteiger partial charge in [-0.1, -0.05) is 50.2 Å². The predicted octanol–water partition coefficient (Wildman–Crippen LogP) is 4.44. The van der Waals surface area contributed by atoms with Gasteiger partial charge in [-0.2, -0.15) is 0 Å². The summed E-state index contributed by atoms with van der Waals surface area (Å²) >= 11 is 0. The van der Waals surface area contributed by atoms with Crippen LogP contribution < -0.4 is 5.32 Å². The maximum Gasteiger partial charge on any atom is 0.411 e. The van der Waals surface area contributed by atoms with Crippen molar-refractivity contribution in [1.29, 1.82) is 0 Å². The van der Waals surface area contributed by atoms with E-state index >= 15 is 0 Å². The van der Waals surface area contributed by atoms with Crippen molar-refractivity contribution in [3.63, 3.8) is 0 Å². The monoisotopic (exact) mass is 383 g/mol. The van der Waals surface area contributed by atoms with Gasteiger partial charge in [0.1, 0.15) is 0 Å². The van der Waals surface area contributed by atoms with Crippen molar-refractivity contribution < 1.29 is 9.53 Å². The van der Waals surface area contributed by atoms with Gasteiger partial charge >= 0.3 is 6.09 Å². The Morgan fingerprint density at radius 1 is 1.18 bits per heavy atom. The number of fused-ring (bicyclic) bond motifs is 1. The molecule has 0 radical (unpaired) electrons. The highest BCUT2D eigenvalue weighted by Gasteiger charge is 2.23. The van der Waals surface area contributed by atoms with Crippen LogP contribution in [0.3, 0.4) is 0 Å². The Balaban J connectivity index is 1.38. The number of piperazine rings is 1. The summed E-state index contributed by atoms with van der Waals surface area (Å²) in [7, 11) is 0. The lowest BCUT2D eigenvalue weighted by atomic mass is 10.1. The van der Waals surface area contributed by atoms with Crippen LogP contribution in [0.25, 0.3) is 10.8 Å². The third kappa shape index (κ3) is 5.69. The standard InChI is InChI=1S/C23H33N3O2/c1-18(2)16-26-14-13-25(17-19(26)3)12-7-15-28-23(27)24-22-11-6-9-20-8-4-5-10-21(20)22/h4-6,8-11,18-19H,7,12-17H2,1-3H3,(H,24,27)/t19-/m1/s1. The summed E-state index contributed by atoms with van der Waals surface area (Å²) in [5.41, 5.74) is 0.790. The molecule has 0 bridgehead atoms. The van der Waals surface area contributed by atoms with E-state index in [0.29, 0.717) is 18.6 Å². The molecule has 1 fully saturated rings. The smallest absolute Gasteiger partial charge is 0.411 e. The average Bonchev–Trinajstić information content (AvgIpc) is 2.67. The van der Waals surface area contributed by atoms with Gasteiger partial charge in [-0.05, 0) is 30.7 Å². The molecule has 1 aliphatic rings. The van der Waals surface area contributed by atoms with Crippen molar-refractivity contribution in [2.45, 2.75) is 33.2 Å². The van der Waals surface area contributed by atoms with Crippen LogP contribution in [0.4, 0.5) is 10.5 Å². The number of carbonyl (C=O) groups excluding carboxylic acids is 1. The van der Waals surface area contributed by atoms with E-state index < -0.39 is 0 Å². The second-order valence-corrected chi connectivity index (χ2v) is 8.18. The first kappa shape index (κ1) is 20.6. The molecule has 152 valence electrons. The number of rotatable bonds is 7. The van der Waals surface area contributed by atoms with E-state index in [1.807, 2.05) is 42.5 Å². The number of hydrogen-bond donors (Lipinski definition) is 1. The van der Waals surface area contributed by atoms with Gasteiger partial charge < -0.3 is 9.64 Å². The maximum atomic E-state index is 12.2. The number of benzene rings is 2. The van der Waals surface area contributed by atoms with E-state index in [1.54, 1.807) is 0 Å². The Kier molecular flexibility index (Phi) is 7.29. The maximum absolute atomic E-state index is 12.2. The molecule has 0 unspecified atom stereocenters. The molecule has 1 saturated heterocycles. The van der Waals surface area contributed by atoms with Crippen LogP contribution in [0.1, 0.15) is 27.2 Å². The zero-order valence-corrected chi connectivity index (χ0v) is 17.4. The van der Waals surface area contributed by atoms with Crippen LogP contribution in [-0.4, -0.2) is 61.3 Å². The van der Waals surface area contributed by atoms with Gasteiger partial charge in [0.05, 0.1) is 12.3 Å². The van der Waals surface area contributed by atoms with Gasteiger partial charge in [-0.25, -0.2) is 4.79 Å². The lowest BCUT2D eigenvalue weighted by molar-refractivity contribution is 0.0692. The molecule has 1 heterocycles. The molecule has 2 aromatic carbocycles. The minimum absolute atomic E-state index is 0.383. The zero-order valence-electron chi connectivity index (χ0n) is 17.4. The predicted molar refractivity (Wildman–Crippen MR) is 116 cm³/mol. The number of nitrogens with zero attached hydrogens (tertiary/aromatic N) is 2. The van der Waals surface area contributed by atoms with Crippen molar-refractivity contribution in [3.05, 3.63) is 42.5 Å². The number of carbonyl (C=O) groups is 1. The van der Waals surface area contributed by atoms with Crippen LogP contribution in [-0.2, 0) is 4.74 Å². The molecule has 1 N–H and O–H groups in total. The normalized spacial score (nSPS) is 18.5. The number of nitrogens with one attached hydrogen (secondary N) is 1. The number of ether oxygens (including phenoxy) is 1. The van der Waals surface area contributed by atoms with E-state index in [1.165, 1.54) is 6.54 Å². The van der Waals surface area contributed by atoms with Crippen molar-refractivity contribution in [1.82, 2.24) is 9.80 Å². The molecular formula is C23H33N3O2. The Bertz CT molecular complexity index is 772. The fraction of sp³-hybridized carbons (Fsp3) is 0.522. The summed E-state index contributed by atoms with van der Waals surface area (Å²) in [4.78, 5) is 17.2. The van der Waals surface area contributed by atoms with Crippen molar-refractivity contribution >= 4 is 22.6 Å². The zero-order chi connectivity index (χ0) is 19.9. The summed E-state index contributed by atoms with van der Waals surface area (Å²) in [6.07, 6.45) is 0.478. The summed E-state index contributed by atoms with van der Waals surface area (Å²) < 4.78 is 5.40. The number of amides is 1. The van der Waals surface area contributed by atoms with Gasteiger partial charge in [0.25, 0.3) is 0 Å². The summed E-state index contributed by atoms with van der Waals surface area (Å²) in [5, 5.41) is 5.00. The molecule has 1 aliphatic heterocycles. The molecule has 5 nitrogen and oxygen atoms in total. The first-order chi connectivity index (χ1) is 13.5. The second-order valence-electron chi connectivity index (χ2n) is 8.18. The van der Waals surface area contributed by atoms with Crippen LogP contribution in [0.15, 0.2) is 42.5 Å². The van der Waals surface area contributed by atoms with Crippen molar-refractivity contribution in [3.8, 4) is 0 Å². The third-order valence-electron chi connectivity index (χ3n) is 5.33. The quantitative estimate of drug-likeness (QED) is 0.718. The number of hydrogen-bond acceptors (Lipinski definition) is 4. The topological polar surface area (TPSA) is 44.8 Å². The fourth-order valence-electron chi connectivity index (χ4n) is 3.95. The fourth-order valence-corrected chi connectivity index (χ4v) is 3.95. The Labute approximate surface area is 168 Å². The van der Waals surface area contributed by atoms with E-state index in [0.717, 1.165) is 49.1 Å². The molecule has 5 heteroatoms. The van der Waals surface area contributed by atoms with Crippen molar-refractivity contribution in [2.75, 3.05) is 44.6 Å². The van der Waals surface area contributed by atoms with Gasteiger partial charge in [0.2, 0.25) is 0 Å². The highest BCUT2D eigenvalue weighted by molar-refractivity contribution is 6.00. The molecular weight excluding hydrogens is 350 g/mol. The van der Waals surface area contributed by atoms with Crippen molar-refractivity contribution in [2.24, 2.45) is 5.92 Å². The molecule has 0 aromatic heterocycles. The van der Waals surface area contributed by atoms with Crippen LogP contribution in [0.2, 0.25) is 0 Å². The first-order valence-electron chi connectivity index (χ1n) is 10.4. The van der Waals surface area contributed by atoms with Crippen LogP contribution >= 0.6 is 0 Å². The van der Waals surface area contributed by atoms with Gasteiger partial charge in [-0.3, -0.25) is 10.2 Å². The lowest BCUT2D eigenvalue weighted by Gasteiger charge is -2.40. The second kappa shape index (κ2) is 9.89. The van der Waals surface area contributed by atoms with Gasteiger partial charge in [-0.15, -0.1) is 0 Å². The lowest BCUT2D eigenvalue weighted by Crippen LogP contribution is -2.52. The van der Waals surface area contributed by atoms with Crippen LogP contribution in [0.5, 0.6) is 0 Å². The molecule has 3 rings (SSSR count). The molecule has 28 heavy (non-hydrogen) atoms. The minimum Gasteiger partial charge on any atom is -0.449 e. The largest absolute Gasteiger partial charge is 0.449 e. The molecule has 0 spiro atoms. The Morgan fingerprint density at radius 3 is 2.75 bits per heavy atom.